The first-order valence-corrected chi connectivity index (χ1v) is 17.6. The van der Waals surface area contributed by atoms with E-state index in [-0.39, 0.29) is 22.3 Å². The number of benzene rings is 4. The van der Waals surface area contributed by atoms with Gasteiger partial charge in [-0.15, -0.1) is 0 Å². The molecule has 0 atom stereocenters. The second kappa shape index (κ2) is 22.1. The smallest absolute Gasteiger partial charge is 0.431 e. The fourth-order valence-electron chi connectivity index (χ4n) is 4.43. The van der Waals surface area contributed by atoms with Crippen molar-refractivity contribution in [2.24, 2.45) is 5.41 Å². The first-order chi connectivity index (χ1) is 29.1. The Morgan fingerprint density at radius 2 is 0.492 bits per heavy atom. The van der Waals surface area contributed by atoms with Gasteiger partial charge in [0.15, 0.2) is 0 Å². The Balaban J connectivity index is 1.48. The van der Waals surface area contributed by atoms with Gasteiger partial charge in [-0.05, 0) is 76.2 Å². The monoisotopic (exact) mass is 848 g/mol. The van der Waals surface area contributed by atoms with Crippen LogP contribution in [-0.2, 0) is 58.0 Å². The molecule has 4 aromatic carbocycles. The zero-order chi connectivity index (χ0) is 44.4. The highest BCUT2D eigenvalue weighted by atomic mass is 17.3. The molecule has 0 unspecified atom stereocenters. The van der Waals surface area contributed by atoms with Crippen molar-refractivity contribution in [1.29, 1.82) is 0 Å². The summed E-state index contributed by atoms with van der Waals surface area (Å²) in [5.41, 5.74) is 1.01. The number of hydrogen-bond acceptors (Lipinski definition) is 20. The number of ether oxygens (including phenoxy) is 4. The zero-order valence-electron chi connectivity index (χ0n) is 32.7. The molecule has 0 aliphatic rings. The summed E-state index contributed by atoms with van der Waals surface area (Å²) >= 11 is 0. The molecule has 20 nitrogen and oxygen atoms in total. The molecule has 0 heterocycles. The number of hydrogen-bond donors (Lipinski definition) is 0. The summed E-state index contributed by atoms with van der Waals surface area (Å²) < 4.78 is 20.1. The standard InChI is InChI=1S/C41H36O20/c1-25-5-13-29(14-6-25)33(42)54-58-37(46)50-21-41(22-51-38(47)59-55-34(43)30-15-7-26(2)8-16-30,23-52-39(48)60-56-35(44)31-17-9-27(3)10-18-31)24-53-40(49)61-57-36(45)32-19-11-28(4)12-20-32/h5-20H,21-24H2,1-4H3. The van der Waals surface area contributed by atoms with Gasteiger partial charge < -0.3 is 18.9 Å². The van der Waals surface area contributed by atoms with E-state index in [0.29, 0.717) is 0 Å². The summed E-state index contributed by atoms with van der Waals surface area (Å²) in [4.78, 5) is 136. The predicted molar refractivity (Wildman–Crippen MR) is 199 cm³/mol. The van der Waals surface area contributed by atoms with Gasteiger partial charge in [-0.2, -0.15) is 19.2 Å². The number of aryl methyl sites for hydroxylation is 4. The van der Waals surface area contributed by atoms with Crippen LogP contribution in [0.1, 0.15) is 63.7 Å². The third-order valence-corrected chi connectivity index (χ3v) is 7.88. The van der Waals surface area contributed by atoms with Gasteiger partial charge in [-0.3, -0.25) is 0 Å². The van der Waals surface area contributed by atoms with Gasteiger partial charge >= 0.3 is 48.5 Å². The Morgan fingerprint density at radius 3 is 0.672 bits per heavy atom. The quantitative estimate of drug-likeness (QED) is 0.0608. The maximum absolute atomic E-state index is 12.6. The van der Waals surface area contributed by atoms with Crippen LogP contribution in [0, 0.1) is 33.1 Å². The van der Waals surface area contributed by atoms with Crippen molar-refractivity contribution >= 4 is 48.5 Å². The highest BCUT2D eigenvalue weighted by Crippen LogP contribution is 2.23. The van der Waals surface area contributed by atoms with Gasteiger partial charge in [0.2, 0.25) is 0 Å². The Kier molecular flexibility index (Phi) is 16.5. The zero-order valence-corrected chi connectivity index (χ0v) is 32.7. The molecular formula is C41H36O20. The van der Waals surface area contributed by atoms with Crippen LogP contribution in [0.5, 0.6) is 0 Å². The summed E-state index contributed by atoms with van der Waals surface area (Å²) in [6, 6.07) is 23.7. The third-order valence-electron chi connectivity index (χ3n) is 7.88. The largest absolute Gasteiger partial charge is 0.549 e. The second-order valence-corrected chi connectivity index (χ2v) is 12.9. The molecule has 0 N–H and O–H groups in total. The van der Waals surface area contributed by atoms with Gasteiger partial charge in [-0.25, -0.2) is 58.3 Å². The molecular weight excluding hydrogens is 812 g/mol. The average Bonchev–Trinajstić information content (AvgIpc) is 3.26. The van der Waals surface area contributed by atoms with E-state index >= 15 is 0 Å². The molecule has 0 amide bonds. The van der Waals surface area contributed by atoms with Gasteiger partial charge in [0.1, 0.15) is 31.8 Å². The summed E-state index contributed by atoms with van der Waals surface area (Å²) in [5.74, 6) is -4.42. The lowest BCUT2D eigenvalue weighted by Gasteiger charge is -2.30. The van der Waals surface area contributed by atoms with E-state index in [2.05, 4.69) is 39.1 Å². The van der Waals surface area contributed by atoms with Crippen LogP contribution in [0.2, 0.25) is 0 Å². The van der Waals surface area contributed by atoms with Crippen molar-refractivity contribution < 1.29 is 96.4 Å². The molecule has 20 heteroatoms. The molecule has 0 saturated carbocycles. The lowest BCUT2D eigenvalue weighted by Crippen LogP contribution is -2.44. The molecule has 0 aromatic heterocycles. The number of carbonyl (C=O) groups is 8. The van der Waals surface area contributed by atoms with Crippen LogP contribution in [0.25, 0.3) is 0 Å². The SMILES string of the molecule is Cc1ccc(C(=O)OOC(=O)OCC(COC(=O)OOC(=O)c2ccc(C)cc2)(COC(=O)OOC(=O)c2ccc(C)cc2)COC(=O)OOC(=O)c2ccc(C)cc2)cc1. The molecule has 0 bridgehead atoms. The van der Waals surface area contributed by atoms with Crippen LogP contribution < -0.4 is 0 Å². The summed E-state index contributed by atoms with van der Waals surface area (Å²) in [6.45, 7) is 2.71. The molecule has 4 rings (SSSR count). The van der Waals surface area contributed by atoms with E-state index < -0.39 is 80.3 Å². The lowest BCUT2D eigenvalue weighted by atomic mass is 9.92. The van der Waals surface area contributed by atoms with Crippen molar-refractivity contribution in [3.05, 3.63) is 142 Å². The maximum Gasteiger partial charge on any atom is 0.549 e. The molecule has 0 fully saturated rings. The maximum atomic E-state index is 12.6. The van der Waals surface area contributed by atoms with Gasteiger partial charge in [-0.1, -0.05) is 70.8 Å². The van der Waals surface area contributed by atoms with Gasteiger partial charge in [0.05, 0.1) is 22.3 Å². The van der Waals surface area contributed by atoms with E-state index in [1.807, 2.05) is 0 Å². The van der Waals surface area contributed by atoms with Gasteiger partial charge in [0.25, 0.3) is 0 Å². The average molecular weight is 849 g/mol. The summed E-state index contributed by atoms with van der Waals surface area (Å²) in [7, 11) is 0. The van der Waals surface area contributed by atoms with Crippen molar-refractivity contribution in [2.75, 3.05) is 26.4 Å². The highest BCUT2D eigenvalue weighted by Gasteiger charge is 2.40. The summed E-state index contributed by atoms with van der Waals surface area (Å²) in [6.07, 6.45) is -6.76. The van der Waals surface area contributed by atoms with Crippen molar-refractivity contribution in [2.45, 2.75) is 27.7 Å². The van der Waals surface area contributed by atoms with Crippen molar-refractivity contribution in [3.63, 3.8) is 0 Å². The molecule has 0 radical (unpaired) electrons. The minimum Gasteiger partial charge on any atom is -0.431 e. The summed E-state index contributed by atoms with van der Waals surface area (Å²) in [5, 5.41) is 0. The molecule has 320 valence electrons. The minimum atomic E-state index is -2.22. The normalized spacial score (nSPS) is 10.4. The van der Waals surface area contributed by atoms with Crippen molar-refractivity contribution in [1.82, 2.24) is 0 Å². The number of rotatable bonds is 12. The molecule has 0 aliphatic heterocycles. The Bertz CT molecular complexity index is 1860. The fourth-order valence-corrected chi connectivity index (χ4v) is 4.43. The minimum absolute atomic E-state index is 0.00674. The van der Waals surface area contributed by atoms with Crippen LogP contribution in [0.15, 0.2) is 97.1 Å². The second-order valence-electron chi connectivity index (χ2n) is 12.9. The van der Waals surface area contributed by atoms with E-state index in [1.165, 1.54) is 48.5 Å². The van der Waals surface area contributed by atoms with Crippen LogP contribution in [0.4, 0.5) is 19.2 Å². The van der Waals surface area contributed by atoms with Crippen LogP contribution in [0.3, 0.4) is 0 Å². The lowest BCUT2D eigenvalue weighted by molar-refractivity contribution is -0.223. The molecule has 4 aromatic rings. The Labute approximate surface area is 345 Å². The Hall–Kier alpha value is -8.16. The number of carbonyl (C=O) groups excluding carboxylic acids is 8. The fraction of sp³-hybridized carbons (Fsp3) is 0.220. The molecule has 0 spiro atoms. The highest BCUT2D eigenvalue weighted by molar-refractivity contribution is 5.91. The Morgan fingerprint density at radius 1 is 0.311 bits per heavy atom. The third kappa shape index (κ3) is 15.3. The van der Waals surface area contributed by atoms with Gasteiger partial charge in [0, 0.05) is 0 Å². The van der Waals surface area contributed by atoms with E-state index in [0.717, 1.165) is 22.3 Å². The first-order valence-electron chi connectivity index (χ1n) is 17.6. The molecule has 0 saturated heterocycles. The van der Waals surface area contributed by atoms with E-state index in [4.69, 9.17) is 18.9 Å². The molecule has 61 heavy (non-hydrogen) atoms. The van der Waals surface area contributed by atoms with E-state index in [9.17, 15) is 38.4 Å². The molecule has 0 aliphatic carbocycles. The van der Waals surface area contributed by atoms with Crippen LogP contribution in [-0.4, -0.2) is 74.9 Å². The topological polar surface area (TPSA) is 247 Å². The van der Waals surface area contributed by atoms with Crippen molar-refractivity contribution in [3.8, 4) is 0 Å². The van der Waals surface area contributed by atoms with Crippen LogP contribution >= 0.6 is 0 Å². The van der Waals surface area contributed by atoms with E-state index in [1.54, 1.807) is 76.2 Å². The first kappa shape index (κ1) is 45.5. The predicted octanol–water partition coefficient (Wildman–Crippen LogP) is 6.91.